The average molecular weight is 405 g/mol. The molecule has 0 spiro atoms. The van der Waals surface area contributed by atoms with Crippen molar-refractivity contribution in [2.45, 2.75) is 32.9 Å². The summed E-state index contributed by atoms with van der Waals surface area (Å²) in [4.78, 5) is 22.2. The first-order chi connectivity index (χ1) is 11.3. The SMILES string of the molecule is CCN(C(=O)O)c1ccc(Br)cc1.CCOC(CCC(=O)O)NC. The van der Waals surface area contributed by atoms with Crippen molar-refractivity contribution >= 4 is 33.7 Å². The van der Waals surface area contributed by atoms with Crippen LogP contribution in [0.25, 0.3) is 0 Å². The lowest BCUT2D eigenvalue weighted by atomic mass is 10.3. The molecular weight excluding hydrogens is 380 g/mol. The number of nitrogens with one attached hydrogen (secondary N) is 1. The van der Waals surface area contributed by atoms with Crippen LogP contribution in [0.15, 0.2) is 28.7 Å². The van der Waals surface area contributed by atoms with Crippen LogP contribution in [0, 0.1) is 0 Å². The van der Waals surface area contributed by atoms with Gasteiger partial charge in [-0.2, -0.15) is 0 Å². The van der Waals surface area contributed by atoms with Gasteiger partial charge in [0.05, 0.1) is 0 Å². The summed E-state index contributed by atoms with van der Waals surface area (Å²) in [6.07, 6.45) is -0.397. The molecule has 7 nitrogen and oxygen atoms in total. The summed E-state index contributed by atoms with van der Waals surface area (Å²) in [6.45, 7) is 4.74. The maximum Gasteiger partial charge on any atom is 0.411 e. The summed E-state index contributed by atoms with van der Waals surface area (Å²) < 4.78 is 6.11. The number of carbonyl (C=O) groups is 2. The number of hydrogen-bond acceptors (Lipinski definition) is 4. The number of nitrogens with zero attached hydrogens (tertiary/aromatic N) is 1. The largest absolute Gasteiger partial charge is 0.481 e. The number of ether oxygens (including phenoxy) is 1. The van der Waals surface area contributed by atoms with Gasteiger partial charge in [0, 0.05) is 29.7 Å². The second-order valence-corrected chi connectivity index (χ2v) is 5.58. The van der Waals surface area contributed by atoms with E-state index in [9.17, 15) is 9.59 Å². The Morgan fingerprint density at radius 2 is 1.83 bits per heavy atom. The smallest absolute Gasteiger partial charge is 0.411 e. The number of benzene rings is 1. The lowest BCUT2D eigenvalue weighted by Crippen LogP contribution is -2.28. The predicted octanol–water partition coefficient (Wildman–Crippen LogP) is 3.39. The van der Waals surface area contributed by atoms with Gasteiger partial charge >= 0.3 is 12.1 Å². The van der Waals surface area contributed by atoms with Gasteiger partial charge in [-0.25, -0.2) is 4.79 Å². The van der Waals surface area contributed by atoms with Crippen LogP contribution in [-0.2, 0) is 9.53 Å². The fourth-order valence-electron chi connectivity index (χ4n) is 1.82. The van der Waals surface area contributed by atoms with Crippen LogP contribution >= 0.6 is 15.9 Å². The van der Waals surface area contributed by atoms with Crippen molar-refractivity contribution in [1.82, 2.24) is 5.32 Å². The van der Waals surface area contributed by atoms with Crippen LogP contribution in [0.5, 0.6) is 0 Å². The Bertz CT molecular complexity index is 496. The fraction of sp³-hybridized carbons (Fsp3) is 0.500. The Labute approximate surface area is 150 Å². The number of aliphatic carboxylic acids is 1. The van der Waals surface area contributed by atoms with E-state index in [-0.39, 0.29) is 12.6 Å². The predicted molar refractivity (Wildman–Crippen MR) is 96.5 cm³/mol. The molecule has 1 unspecified atom stereocenters. The Balaban J connectivity index is 0.000000449. The molecule has 1 aromatic carbocycles. The van der Waals surface area contributed by atoms with Crippen molar-refractivity contribution in [3.63, 3.8) is 0 Å². The van der Waals surface area contributed by atoms with E-state index in [0.717, 1.165) is 4.47 Å². The first-order valence-corrected chi connectivity index (χ1v) is 8.41. The van der Waals surface area contributed by atoms with Gasteiger partial charge in [-0.15, -0.1) is 0 Å². The molecule has 1 atom stereocenters. The molecule has 0 aliphatic heterocycles. The molecule has 0 aliphatic rings. The van der Waals surface area contributed by atoms with Crippen LogP contribution in [0.1, 0.15) is 26.7 Å². The fourth-order valence-corrected chi connectivity index (χ4v) is 2.08. The molecule has 136 valence electrons. The normalized spacial score (nSPS) is 11.2. The molecule has 1 amide bonds. The van der Waals surface area contributed by atoms with Crippen molar-refractivity contribution in [3.8, 4) is 0 Å². The molecule has 8 heteroatoms. The minimum Gasteiger partial charge on any atom is -0.481 e. The highest BCUT2D eigenvalue weighted by atomic mass is 79.9. The number of carboxylic acids is 1. The van der Waals surface area contributed by atoms with Crippen molar-refractivity contribution < 1.29 is 24.5 Å². The number of rotatable bonds is 8. The van der Waals surface area contributed by atoms with Gasteiger partial charge in [-0.3, -0.25) is 15.0 Å². The molecule has 3 N–H and O–H groups in total. The van der Waals surface area contributed by atoms with Crippen LogP contribution < -0.4 is 10.2 Å². The van der Waals surface area contributed by atoms with E-state index < -0.39 is 12.1 Å². The van der Waals surface area contributed by atoms with Gasteiger partial charge in [0.15, 0.2) is 0 Å². The first-order valence-electron chi connectivity index (χ1n) is 7.62. The molecular formula is C16H25BrN2O5. The molecule has 24 heavy (non-hydrogen) atoms. The van der Waals surface area contributed by atoms with Gasteiger partial charge in [-0.05, 0) is 51.6 Å². The van der Waals surface area contributed by atoms with E-state index in [4.69, 9.17) is 14.9 Å². The number of hydrogen-bond donors (Lipinski definition) is 3. The molecule has 0 radical (unpaired) electrons. The number of amides is 1. The van der Waals surface area contributed by atoms with Crippen LogP contribution in [0.2, 0.25) is 0 Å². The van der Waals surface area contributed by atoms with Crippen molar-refractivity contribution in [1.29, 1.82) is 0 Å². The standard InChI is InChI=1S/C9H10BrNO2.C7H15NO3/c1-2-11(9(12)13)8-5-3-7(10)4-6-8;1-3-11-6(8-2)4-5-7(9)10/h3-6H,2H2,1H3,(H,12,13);6,8H,3-5H2,1-2H3,(H,9,10). The van der Waals surface area contributed by atoms with Gasteiger partial charge in [0.1, 0.15) is 6.23 Å². The van der Waals surface area contributed by atoms with Gasteiger partial charge < -0.3 is 14.9 Å². The summed E-state index contributed by atoms with van der Waals surface area (Å²) in [7, 11) is 1.75. The summed E-state index contributed by atoms with van der Waals surface area (Å²) in [5.41, 5.74) is 0.693. The zero-order valence-corrected chi connectivity index (χ0v) is 15.7. The van der Waals surface area contributed by atoms with E-state index in [0.29, 0.717) is 25.3 Å². The Morgan fingerprint density at radius 1 is 1.25 bits per heavy atom. The number of carboxylic acid groups (broad SMARTS) is 2. The summed E-state index contributed by atoms with van der Waals surface area (Å²) in [5, 5.41) is 20.0. The Morgan fingerprint density at radius 3 is 2.21 bits per heavy atom. The van der Waals surface area contributed by atoms with Crippen LogP contribution in [0.3, 0.4) is 0 Å². The number of halogens is 1. The number of anilines is 1. The van der Waals surface area contributed by atoms with E-state index >= 15 is 0 Å². The van der Waals surface area contributed by atoms with E-state index in [1.807, 2.05) is 19.1 Å². The minimum absolute atomic E-state index is 0.129. The first kappa shape index (κ1) is 22.4. The van der Waals surface area contributed by atoms with Gasteiger partial charge in [-0.1, -0.05) is 15.9 Å². The Hall–Kier alpha value is -1.64. The zero-order chi connectivity index (χ0) is 18.5. The topological polar surface area (TPSA) is 99.1 Å². The second-order valence-electron chi connectivity index (χ2n) is 4.67. The molecule has 0 heterocycles. The third-order valence-electron chi connectivity index (χ3n) is 3.00. The summed E-state index contributed by atoms with van der Waals surface area (Å²) in [5.74, 6) is -0.787. The molecule has 0 bridgehead atoms. The van der Waals surface area contributed by atoms with Crippen molar-refractivity contribution in [3.05, 3.63) is 28.7 Å². The van der Waals surface area contributed by atoms with Gasteiger partial charge in [0.25, 0.3) is 0 Å². The third kappa shape index (κ3) is 9.49. The molecule has 0 aliphatic carbocycles. The van der Waals surface area contributed by atoms with Gasteiger partial charge in [0.2, 0.25) is 0 Å². The third-order valence-corrected chi connectivity index (χ3v) is 3.52. The molecule has 0 fully saturated rings. The molecule has 0 saturated heterocycles. The average Bonchev–Trinajstić information content (AvgIpc) is 2.54. The van der Waals surface area contributed by atoms with Crippen molar-refractivity contribution in [2.75, 3.05) is 25.1 Å². The Kier molecular flexibility index (Phi) is 11.9. The highest BCUT2D eigenvalue weighted by Crippen LogP contribution is 2.18. The minimum atomic E-state index is -0.926. The molecule has 1 rings (SSSR count). The quantitative estimate of drug-likeness (QED) is 0.574. The van der Waals surface area contributed by atoms with E-state index in [2.05, 4.69) is 21.2 Å². The molecule has 0 saturated carbocycles. The lowest BCUT2D eigenvalue weighted by Gasteiger charge is -2.16. The maximum absolute atomic E-state index is 10.7. The molecule has 0 aromatic heterocycles. The molecule has 1 aromatic rings. The highest BCUT2D eigenvalue weighted by molar-refractivity contribution is 9.10. The van der Waals surface area contributed by atoms with Crippen LogP contribution in [-0.4, -0.2) is 48.7 Å². The second kappa shape index (κ2) is 12.7. The van der Waals surface area contributed by atoms with Crippen LogP contribution in [0.4, 0.5) is 10.5 Å². The highest BCUT2D eigenvalue weighted by Gasteiger charge is 2.10. The monoisotopic (exact) mass is 404 g/mol. The lowest BCUT2D eigenvalue weighted by molar-refractivity contribution is -0.138. The van der Waals surface area contributed by atoms with E-state index in [1.165, 1.54) is 4.90 Å². The van der Waals surface area contributed by atoms with Crippen molar-refractivity contribution in [2.24, 2.45) is 0 Å². The van der Waals surface area contributed by atoms with E-state index in [1.54, 1.807) is 26.1 Å². The summed E-state index contributed by atoms with van der Waals surface area (Å²) in [6, 6.07) is 7.17. The zero-order valence-electron chi connectivity index (χ0n) is 14.2. The maximum atomic E-state index is 10.7. The summed E-state index contributed by atoms with van der Waals surface area (Å²) >= 11 is 3.29.